The van der Waals surface area contributed by atoms with Gasteiger partial charge < -0.3 is 5.32 Å². The Kier molecular flexibility index (Phi) is 4.64. The Morgan fingerprint density at radius 1 is 1.17 bits per heavy atom. The molecule has 0 saturated carbocycles. The molecule has 0 aliphatic rings. The number of para-hydroxylation sites is 1. The minimum Gasteiger partial charge on any atom is -0.326 e. The number of hydrogen-bond donors (Lipinski definition) is 1. The highest BCUT2D eigenvalue weighted by atomic mass is 32.2. The molecule has 7 heteroatoms. The molecule has 0 unspecified atom stereocenters. The Balaban J connectivity index is 1.63. The summed E-state index contributed by atoms with van der Waals surface area (Å²) in [6.45, 7) is 0. The first kappa shape index (κ1) is 16.6. The van der Waals surface area contributed by atoms with Crippen molar-refractivity contribution >= 4 is 43.0 Å². The third-order valence-electron chi connectivity index (χ3n) is 3.45. The van der Waals surface area contributed by atoms with Crippen LogP contribution in [0.1, 0.15) is 11.4 Å². The summed E-state index contributed by atoms with van der Waals surface area (Å²) in [4.78, 5) is 16.8. The van der Waals surface area contributed by atoms with Crippen molar-refractivity contribution in [3.05, 3.63) is 53.5 Å². The molecule has 0 bridgehead atoms. The number of anilines is 1. The van der Waals surface area contributed by atoms with E-state index in [1.165, 1.54) is 12.1 Å². The van der Waals surface area contributed by atoms with Gasteiger partial charge in [-0.3, -0.25) is 4.79 Å². The standard InChI is InChI=1S/C17H16N2O3S2/c1-24(21,22)13-6-4-5-12(11-13)18-16(20)9-10-17-19-14-7-2-3-8-15(14)23-17/h2-8,11H,9-10H2,1H3,(H,18,20). The lowest BCUT2D eigenvalue weighted by atomic mass is 10.2. The summed E-state index contributed by atoms with van der Waals surface area (Å²) in [5.74, 6) is -0.167. The van der Waals surface area contributed by atoms with Crippen LogP contribution < -0.4 is 5.32 Å². The highest BCUT2D eigenvalue weighted by molar-refractivity contribution is 7.90. The number of aromatic nitrogens is 1. The fourth-order valence-corrected chi connectivity index (χ4v) is 3.91. The molecule has 0 fully saturated rings. The quantitative estimate of drug-likeness (QED) is 0.758. The number of amides is 1. The molecule has 0 spiro atoms. The number of hydrogen-bond acceptors (Lipinski definition) is 5. The van der Waals surface area contributed by atoms with Crippen molar-refractivity contribution in [2.75, 3.05) is 11.6 Å². The Labute approximate surface area is 144 Å². The normalized spacial score (nSPS) is 11.5. The summed E-state index contributed by atoms with van der Waals surface area (Å²) in [6.07, 6.45) is 1.99. The van der Waals surface area contributed by atoms with Gasteiger partial charge in [0.15, 0.2) is 9.84 Å². The van der Waals surface area contributed by atoms with Gasteiger partial charge in [0, 0.05) is 24.8 Å². The lowest BCUT2D eigenvalue weighted by Gasteiger charge is -2.06. The minimum absolute atomic E-state index is 0.167. The van der Waals surface area contributed by atoms with Gasteiger partial charge in [0.2, 0.25) is 5.91 Å². The van der Waals surface area contributed by atoms with Crippen LogP contribution in [0.25, 0.3) is 10.2 Å². The first-order valence-electron chi connectivity index (χ1n) is 7.36. The molecule has 124 valence electrons. The maximum absolute atomic E-state index is 12.1. The first-order chi connectivity index (χ1) is 11.4. The van der Waals surface area contributed by atoms with Crippen LogP contribution in [0.3, 0.4) is 0 Å². The molecule has 5 nitrogen and oxygen atoms in total. The summed E-state index contributed by atoms with van der Waals surface area (Å²) in [5.41, 5.74) is 1.42. The maximum Gasteiger partial charge on any atom is 0.224 e. The largest absolute Gasteiger partial charge is 0.326 e. The molecule has 3 aromatic rings. The third-order valence-corrected chi connectivity index (χ3v) is 5.66. The molecule has 0 atom stereocenters. The van der Waals surface area contributed by atoms with Gasteiger partial charge in [0.25, 0.3) is 0 Å². The SMILES string of the molecule is CS(=O)(=O)c1cccc(NC(=O)CCc2nc3ccccc3s2)c1. The zero-order valence-corrected chi connectivity index (χ0v) is 14.7. The van der Waals surface area contributed by atoms with E-state index in [2.05, 4.69) is 10.3 Å². The molecule has 0 saturated heterocycles. The summed E-state index contributed by atoms with van der Waals surface area (Å²) in [6, 6.07) is 14.1. The lowest BCUT2D eigenvalue weighted by molar-refractivity contribution is -0.116. The van der Waals surface area contributed by atoms with E-state index >= 15 is 0 Å². The molecular formula is C17H16N2O3S2. The van der Waals surface area contributed by atoms with Gasteiger partial charge in [-0.05, 0) is 30.3 Å². The van der Waals surface area contributed by atoms with Crippen LogP contribution in [-0.4, -0.2) is 25.6 Å². The number of nitrogens with zero attached hydrogens (tertiary/aromatic N) is 1. The first-order valence-corrected chi connectivity index (χ1v) is 10.1. The molecule has 1 heterocycles. The van der Waals surface area contributed by atoms with E-state index in [0.29, 0.717) is 18.5 Å². The maximum atomic E-state index is 12.1. The van der Waals surface area contributed by atoms with Gasteiger partial charge in [0.05, 0.1) is 20.1 Å². The van der Waals surface area contributed by atoms with Crippen LogP contribution in [0.4, 0.5) is 5.69 Å². The highest BCUT2D eigenvalue weighted by Crippen LogP contribution is 2.22. The van der Waals surface area contributed by atoms with E-state index in [4.69, 9.17) is 0 Å². The van der Waals surface area contributed by atoms with Crippen molar-refractivity contribution in [1.29, 1.82) is 0 Å². The van der Waals surface area contributed by atoms with Crippen LogP contribution in [0.15, 0.2) is 53.4 Å². The number of rotatable bonds is 5. The van der Waals surface area contributed by atoms with Crippen LogP contribution in [-0.2, 0) is 21.1 Å². The number of benzene rings is 2. The van der Waals surface area contributed by atoms with E-state index in [1.54, 1.807) is 23.5 Å². The molecule has 1 aromatic heterocycles. The van der Waals surface area contributed by atoms with Gasteiger partial charge >= 0.3 is 0 Å². The summed E-state index contributed by atoms with van der Waals surface area (Å²) in [7, 11) is -3.29. The zero-order chi connectivity index (χ0) is 17.2. The number of thiazole rings is 1. The van der Waals surface area contributed by atoms with E-state index in [-0.39, 0.29) is 10.8 Å². The Morgan fingerprint density at radius 2 is 1.96 bits per heavy atom. The number of fused-ring (bicyclic) bond motifs is 1. The van der Waals surface area contributed by atoms with Crippen LogP contribution in [0.5, 0.6) is 0 Å². The second kappa shape index (κ2) is 6.70. The van der Waals surface area contributed by atoms with Crippen LogP contribution in [0, 0.1) is 0 Å². The van der Waals surface area contributed by atoms with Crippen molar-refractivity contribution < 1.29 is 13.2 Å². The number of carbonyl (C=O) groups excluding carboxylic acids is 1. The molecule has 1 N–H and O–H groups in total. The van der Waals surface area contributed by atoms with E-state index in [0.717, 1.165) is 21.5 Å². The second-order valence-electron chi connectivity index (χ2n) is 5.42. The van der Waals surface area contributed by atoms with Gasteiger partial charge in [-0.2, -0.15) is 0 Å². The average molecular weight is 360 g/mol. The van der Waals surface area contributed by atoms with Crippen molar-refractivity contribution in [1.82, 2.24) is 4.98 Å². The number of carbonyl (C=O) groups is 1. The molecule has 0 radical (unpaired) electrons. The third kappa shape index (κ3) is 3.98. The second-order valence-corrected chi connectivity index (χ2v) is 8.55. The van der Waals surface area contributed by atoms with Crippen molar-refractivity contribution in [3.63, 3.8) is 0 Å². The van der Waals surface area contributed by atoms with Crippen molar-refractivity contribution in [2.45, 2.75) is 17.7 Å². The van der Waals surface area contributed by atoms with E-state index in [1.807, 2.05) is 24.3 Å². The topological polar surface area (TPSA) is 76.1 Å². The summed E-state index contributed by atoms with van der Waals surface area (Å²) < 4.78 is 24.2. The number of nitrogens with one attached hydrogen (secondary N) is 1. The fraction of sp³-hybridized carbons (Fsp3) is 0.176. The van der Waals surface area contributed by atoms with E-state index in [9.17, 15) is 13.2 Å². The van der Waals surface area contributed by atoms with Crippen molar-refractivity contribution in [2.24, 2.45) is 0 Å². The molecule has 3 rings (SSSR count). The Bertz CT molecular complexity index is 961. The van der Waals surface area contributed by atoms with Gasteiger partial charge in [-0.25, -0.2) is 13.4 Å². The minimum atomic E-state index is -3.29. The van der Waals surface area contributed by atoms with Gasteiger partial charge in [-0.15, -0.1) is 11.3 Å². The molecular weight excluding hydrogens is 344 g/mol. The number of aryl methyl sites for hydroxylation is 1. The van der Waals surface area contributed by atoms with Crippen molar-refractivity contribution in [3.8, 4) is 0 Å². The molecule has 0 aliphatic carbocycles. The predicted molar refractivity (Wildman–Crippen MR) is 96.1 cm³/mol. The van der Waals surface area contributed by atoms with E-state index < -0.39 is 9.84 Å². The molecule has 24 heavy (non-hydrogen) atoms. The highest BCUT2D eigenvalue weighted by Gasteiger charge is 2.10. The monoisotopic (exact) mass is 360 g/mol. The fourth-order valence-electron chi connectivity index (χ4n) is 2.28. The number of sulfone groups is 1. The summed E-state index contributed by atoms with van der Waals surface area (Å²) >= 11 is 1.58. The molecule has 1 amide bonds. The Hall–Kier alpha value is -2.25. The van der Waals surface area contributed by atoms with Crippen LogP contribution >= 0.6 is 11.3 Å². The Morgan fingerprint density at radius 3 is 2.71 bits per heavy atom. The lowest BCUT2D eigenvalue weighted by Crippen LogP contribution is -2.12. The molecule has 0 aliphatic heterocycles. The van der Waals surface area contributed by atoms with Gasteiger partial charge in [-0.1, -0.05) is 18.2 Å². The van der Waals surface area contributed by atoms with Crippen LogP contribution in [0.2, 0.25) is 0 Å². The molecule has 2 aromatic carbocycles. The van der Waals surface area contributed by atoms with Gasteiger partial charge in [0.1, 0.15) is 0 Å². The predicted octanol–water partition coefficient (Wildman–Crippen LogP) is 3.27. The average Bonchev–Trinajstić information content (AvgIpc) is 2.95. The zero-order valence-electron chi connectivity index (χ0n) is 13.0. The smallest absolute Gasteiger partial charge is 0.224 e. The summed E-state index contributed by atoms with van der Waals surface area (Å²) in [5, 5.41) is 3.65.